The van der Waals surface area contributed by atoms with E-state index >= 15 is 0 Å². The van der Waals surface area contributed by atoms with Crippen LogP contribution >= 0.6 is 0 Å². The zero-order valence-corrected chi connectivity index (χ0v) is 10.6. The van der Waals surface area contributed by atoms with Gasteiger partial charge >= 0.3 is 0 Å². The molecule has 0 saturated carbocycles. The van der Waals surface area contributed by atoms with Gasteiger partial charge in [-0.1, -0.05) is 6.92 Å². The Bertz CT molecular complexity index is 550. The van der Waals surface area contributed by atoms with Crippen LogP contribution in [0.15, 0.2) is 17.1 Å². The topological polar surface area (TPSA) is 44.9 Å². The molecule has 1 aromatic heterocycles. The summed E-state index contributed by atoms with van der Waals surface area (Å²) in [6.07, 6.45) is 1.00. The van der Waals surface area contributed by atoms with Crippen molar-refractivity contribution in [2.45, 2.75) is 32.0 Å². The summed E-state index contributed by atoms with van der Waals surface area (Å²) >= 11 is 0. The number of hydrogen-bond donors (Lipinski definition) is 2. The van der Waals surface area contributed by atoms with Gasteiger partial charge in [-0.15, -0.1) is 0 Å². The zero-order valence-electron chi connectivity index (χ0n) is 10.6. The normalized spacial score (nSPS) is 24.4. The molecule has 1 aliphatic carbocycles. The molecule has 0 aliphatic heterocycles. The van der Waals surface area contributed by atoms with Gasteiger partial charge in [0.15, 0.2) is 0 Å². The zero-order chi connectivity index (χ0) is 13.4. The van der Waals surface area contributed by atoms with Gasteiger partial charge in [0.1, 0.15) is 12.0 Å². The molecule has 3 nitrogen and oxygen atoms in total. The molecule has 0 bridgehead atoms. The number of halogens is 2. The van der Waals surface area contributed by atoms with Crippen LogP contribution in [0.2, 0.25) is 0 Å². The summed E-state index contributed by atoms with van der Waals surface area (Å²) < 4.78 is 27.5. The van der Waals surface area contributed by atoms with E-state index < -0.39 is 23.5 Å². The predicted octanol–water partition coefficient (Wildman–Crippen LogP) is 2.42. The Kier molecular flexibility index (Phi) is 3.34. The molecular formula is C13H16F2N2O. The lowest BCUT2D eigenvalue weighted by molar-refractivity contribution is 0.344. The van der Waals surface area contributed by atoms with Crippen LogP contribution in [-0.4, -0.2) is 18.2 Å². The van der Waals surface area contributed by atoms with Crippen LogP contribution in [0.1, 0.15) is 42.5 Å². The molecule has 2 unspecified atom stereocenters. The molecule has 3 atom stereocenters. The average molecular weight is 254 g/mol. The second-order valence-electron chi connectivity index (χ2n) is 4.62. The predicted molar refractivity (Wildman–Crippen MR) is 66.9 cm³/mol. The summed E-state index contributed by atoms with van der Waals surface area (Å²) in [6, 6.07) is -0.0869. The highest BCUT2D eigenvalue weighted by Crippen LogP contribution is 2.38. The van der Waals surface area contributed by atoms with E-state index in [4.69, 9.17) is 0 Å². The second-order valence-corrected chi connectivity index (χ2v) is 4.62. The minimum atomic E-state index is -1.40. The number of rotatable bonds is 2. The van der Waals surface area contributed by atoms with Gasteiger partial charge in [0.2, 0.25) is 0 Å². The van der Waals surface area contributed by atoms with E-state index in [9.17, 15) is 13.6 Å². The molecule has 0 radical (unpaired) electrons. The molecule has 1 heterocycles. The van der Waals surface area contributed by atoms with Crippen molar-refractivity contribution in [1.82, 2.24) is 10.3 Å². The SMILES string of the molecule is CNC(C)c1c[nH]c(=O)c2c1[C@@H](C)C(F)C=C2F. The average Bonchev–Trinajstić information content (AvgIpc) is 2.34. The van der Waals surface area contributed by atoms with Gasteiger partial charge in [0, 0.05) is 18.2 Å². The third-order valence-electron chi connectivity index (χ3n) is 3.54. The number of pyridine rings is 1. The van der Waals surface area contributed by atoms with Crippen LogP contribution in [0.5, 0.6) is 0 Å². The van der Waals surface area contributed by atoms with Crippen molar-refractivity contribution < 1.29 is 8.78 Å². The Morgan fingerprint density at radius 3 is 2.78 bits per heavy atom. The van der Waals surface area contributed by atoms with E-state index in [1.807, 2.05) is 6.92 Å². The molecule has 0 spiro atoms. The van der Waals surface area contributed by atoms with Crippen LogP contribution in [-0.2, 0) is 0 Å². The summed E-state index contributed by atoms with van der Waals surface area (Å²) in [5.74, 6) is -1.30. The fourth-order valence-corrected chi connectivity index (χ4v) is 2.33. The van der Waals surface area contributed by atoms with Gasteiger partial charge in [-0.25, -0.2) is 8.78 Å². The van der Waals surface area contributed by atoms with E-state index in [1.54, 1.807) is 14.0 Å². The molecule has 1 aliphatic rings. The lowest BCUT2D eigenvalue weighted by Gasteiger charge is -2.26. The Morgan fingerprint density at radius 2 is 2.17 bits per heavy atom. The smallest absolute Gasteiger partial charge is 0.258 e. The number of fused-ring (bicyclic) bond motifs is 1. The minimum absolute atomic E-state index is 0.0315. The molecule has 98 valence electrons. The highest BCUT2D eigenvalue weighted by Gasteiger charge is 2.32. The maximum absolute atomic E-state index is 13.8. The fourth-order valence-electron chi connectivity index (χ4n) is 2.33. The van der Waals surface area contributed by atoms with Crippen molar-refractivity contribution >= 4 is 5.83 Å². The number of allylic oxidation sites excluding steroid dienone is 1. The maximum atomic E-state index is 13.8. The first-order chi connectivity index (χ1) is 8.47. The Labute approximate surface area is 104 Å². The van der Waals surface area contributed by atoms with Crippen LogP contribution in [0, 0.1) is 0 Å². The third kappa shape index (κ3) is 1.88. The second kappa shape index (κ2) is 4.65. The molecule has 18 heavy (non-hydrogen) atoms. The van der Waals surface area contributed by atoms with Crippen molar-refractivity contribution in [2.24, 2.45) is 0 Å². The van der Waals surface area contributed by atoms with E-state index in [-0.39, 0.29) is 11.6 Å². The number of hydrogen-bond acceptors (Lipinski definition) is 2. The van der Waals surface area contributed by atoms with E-state index in [0.29, 0.717) is 5.56 Å². The van der Waals surface area contributed by atoms with Crippen molar-refractivity contribution in [3.63, 3.8) is 0 Å². The lowest BCUT2D eigenvalue weighted by atomic mass is 9.83. The number of nitrogens with one attached hydrogen (secondary N) is 2. The maximum Gasteiger partial charge on any atom is 0.258 e. The van der Waals surface area contributed by atoms with Crippen LogP contribution < -0.4 is 10.9 Å². The lowest BCUT2D eigenvalue weighted by Crippen LogP contribution is -2.27. The van der Waals surface area contributed by atoms with Crippen LogP contribution in [0.4, 0.5) is 8.78 Å². The molecule has 1 aromatic rings. The Hall–Kier alpha value is -1.49. The molecule has 0 aromatic carbocycles. The van der Waals surface area contributed by atoms with Gasteiger partial charge in [-0.05, 0) is 31.2 Å². The van der Waals surface area contributed by atoms with Crippen molar-refractivity contribution in [3.05, 3.63) is 39.3 Å². The van der Waals surface area contributed by atoms with E-state index in [0.717, 1.165) is 11.6 Å². The van der Waals surface area contributed by atoms with Crippen molar-refractivity contribution in [1.29, 1.82) is 0 Å². The third-order valence-corrected chi connectivity index (χ3v) is 3.54. The summed E-state index contributed by atoms with van der Waals surface area (Å²) in [7, 11) is 1.76. The number of aromatic nitrogens is 1. The van der Waals surface area contributed by atoms with E-state index in [2.05, 4.69) is 10.3 Å². The minimum Gasteiger partial charge on any atom is -0.328 e. The number of aromatic amines is 1. The van der Waals surface area contributed by atoms with Gasteiger partial charge < -0.3 is 10.3 Å². The highest BCUT2D eigenvalue weighted by atomic mass is 19.1. The van der Waals surface area contributed by atoms with Gasteiger partial charge in [0.05, 0.1) is 5.56 Å². The molecule has 0 saturated heterocycles. The molecule has 2 rings (SSSR count). The summed E-state index contributed by atoms with van der Waals surface area (Å²) in [5, 5.41) is 3.01. The van der Waals surface area contributed by atoms with Gasteiger partial charge in [0.25, 0.3) is 5.56 Å². The summed E-state index contributed by atoms with van der Waals surface area (Å²) in [5.41, 5.74) is 0.652. The van der Waals surface area contributed by atoms with Crippen molar-refractivity contribution in [3.8, 4) is 0 Å². The standard InChI is InChI=1S/C13H16F2N2O/c1-6-9(14)4-10(15)12-11(6)8(7(2)16-3)5-17-13(12)18/h4-7,9,16H,1-3H3,(H,17,18)/t6-,7?,9?/m0/s1. The first kappa shape index (κ1) is 13.0. The quantitative estimate of drug-likeness (QED) is 0.851. The largest absolute Gasteiger partial charge is 0.328 e. The van der Waals surface area contributed by atoms with Gasteiger partial charge in [-0.3, -0.25) is 4.79 Å². The molecule has 5 heteroatoms. The first-order valence-electron chi connectivity index (χ1n) is 5.91. The van der Waals surface area contributed by atoms with Gasteiger partial charge in [-0.2, -0.15) is 0 Å². The molecule has 2 N–H and O–H groups in total. The summed E-state index contributed by atoms with van der Waals surface area (Å²) in [4.78, 5) is 14.2. The van der Waals surface area contributed by atoms with Crippen LogP contribution in [0.25, 0.3) is 5.83 Å². The van der Waals surface area contributed by atoms with Crippen molar-refractivity contribution in [2.75, 3.05) is 7.05 Å². The molecular weight excluding hydrogens is 238 g/mol. The fraction of sp³-hybridized carbons (Fsp3) is 0.462. The number of alkyl halides is 1. The first-order valence-corrected chi connectivity index (χ1v) is 5.91. The van der Waals surface area contributed by atoms with E-state index in [1.165, 1.54) is 6.20 Å². The monoisotopic (exact) mass is 254 g/mol. The van der Waals surface area contributed by atoms with Crippen LogP contribution in [0.3, 0.4) is 0 Å². The highest BCUT2D eigenvalue weighted by molar-refractivity contribution is 5.67. The Morgan fingerprint density at radius 1 is 1.50 bits per heavy atom. The number of H-pyrrole nitrogens is 1. The molecule has 0 amide bonds. The Balaban J connectivity index is 2.73. The molecule has 0 fully saturated rings. The summed E-state index contributed by atoms with van der Waals surface area (Å²) in [6.45, 7) is 3.54.